The molecular formula is C32H42FN5O3. The minimum atomic E-state index is -0.696. The summed E-state index contributed by atoms with van der Waals surface area (Å²) < 4.78 is 13.8. The third-order valence-corrected chi connectivity index (χ3v) is 8.82. The summed E-state index contributed by atoms with van der Waals surface area (Å²) in [6, 6.07) is 7.93. The van der Waals surface area contributed by atoms with Gasteiger partial charge in [0.15, 0.2) is 0 Å². The molecule has 0 radical (unpaired) electrons. The van der Waals surface area contributed by atoms with Gasteiger partial charge in [0.25, 0.3) is 5.91 Å². The van der Waals surface area contributed by atoms with E-state index in [0.29, 0.717) is 12.3 Å². The van der Waals surface area contributed by atoms with E-state index in [1.165, 1.54) is 18.2 Å². The summed E-state index contributed by atoms with van der Waals surface area (Å²) in [5, 5.41) is 13.5. The molecule has 0 unspecified atom stereocenters. The molecule has 0 spiro atoms. The predicted octanol–water partition coefficient (Wildman–Crippen LogP) is 4.89. The number of fused-ring (bicyclic) bond motifs is 1. The second kappa shape index (κ2) is 11.9. The second-order valence-corrected chi connectivity index (χ2v) is 12.6. The normalized spacial score (nSPS) is 22.8. The number of hydrogen-bond acceptors (Lipinski definition) is 5. The number of aliphatic imine (C=N–C) groups is 1. The molecule has 220 valence electrons. The molecule has 2 aromatic rings. The zero-order valence-electron chi connectivity index (χ0n) is 24.6. The van der Waals surface area contributed by atoms with Crippen LogP contribution in [0.1, 0.15) is 82.1 Å². The van der Waals surface area contributed by atoms with Crippen LogP contribution in [0.25, 0.3) is 0 Å². The first-order valence-electron chi connectivity index (χ1n) is 14.9. The first-order chi connectivity index (χ1) is 19.5. The molecule has 0 bridgehead atoms. The minimum absolute atomic E-state index is 0.0184. The van der Waals surface area contributed by atoms with E-state index < -0.39 is 17.3 Å². The molecule has 0 atom stereocenters. The van der Waals surface area contributed by atoms with Crippen molar-refractivity contribution in [2.24, 2.45) is 16.8 Å². The van der Waals surface area contributed by atoms with Crippen LogP contribution in [0.3, 0.4) is 0 Å². The number of halogens is 1. The number of hydrogen-bond donors (Lipinski definition) is 2. The Kier molecular flexibility index (Phi) is 8.45. The molecular weight excluding hydrogens is 521 g/mol. The maximum atomic E-state index is 13.8. The Morgan fingerprint density at radius 1 is 1.10 bits per heavy atom. The molecule has 9 heteroatoms. The fraction of sp³-hybridized carbons (Fsp3) is 0.562. The molecule has 1 saturated heterocycles. The van der Waals surface area contributed by atoms with Gasteiger partial charge >= 0.3 is 0 Å². The monoisotopic (exact) mass is 563 g/mol. The standard InChI is InChI=1S/C32H42FN5O3/c1-20(2)35-30(39)21-8-10-26(11-9-21)38-27-18-28(37-14-12-24(13-15-37)32(3,4)41)34-19-23(27)17-29(38)36-31(40)22-6-5-7-25(33)16-22/h5-7,16,18-21,24,26,41H,8-15,17H2,1-4H3,(H,35,39). The Hall–Kier alpha value is -3.33. The zero-order chi connectivity index (χ0) is 29.3. The minimum Gasteiger partial charge on any atom is -0.390 e. The van der Waals surface area contributed by atoms with Gasteiger partial charge in [-0.2, -0.15) is 4.99 Å². The number of carbonyl (C=O) groups is 2. The average molecular weight is 564 g/mol. The highest BCUT2D eigenvalue weighted by Gasteiger charge is 2.37. The van der Waals surface area contributed by atoms with Crippen molar-refractivity contribution in [3.63, 3.8) is 0 Å². The van der Waals surface area contributed by atoms with Crippen molar-refractivity contribution in [1.29, 1.82) is 0 Å². The fourth-order valence-corrected chi connectivity index (χ4v) is 6.51. The third-order valence-electron chi connectivity index (χ3n) is 8.82. The van der Waals surface area contributed by atoms with Crippen LogP contribution in [0.2, 0.25) is 0 Å². The third kappa shape index (κ3) is 6.61. The van der Waals surface area contributed by atoms with Crippen LogP contribution in [-0.2, 0) is 11.2 Å². The number of anilines is 2. The van der Waals surface area contributed by atoms with Crippen molar-refractivity contribution >= 4 is 29.2 Å². The van der Waals surface area contributed by atoms with Gasteiger partial charge in [0.1, 0.15) is 17.5 Å². The number of aromatic nitrogens is 1. The molecule has 1 saturated carbocycles. The SMILES string of the molecule is CC(C)NC(=O)C1CCC(N2C(=NC(=O)c3cccc(F)c3)Cc3cnc(N4CCC(C(C)(C)O)CC4)cc32)CC1. The highest BCUT2D eigenvalue weighted by molar-refractivity contribution is 6.13. The summed E-state index contributed by atoms with van der Waals surface area (Å²) in [6.07, 6.45) is 7.28. The number of carbonyl (C=O) groups excluding carboxylic acids is 2. The van der Waals surface area contributed by atoms with Gasteiger partial charge in [-0.15, -0.1) is 0 Å². The van der Waals surface area contributed by atoms with Crippen LogP contribution in [0.15, 0.2) is 41.5 Å². The Balaban J connectivity index is 1.40. The van der Waals surface area contributed by atoms with E-state index in [-0.39, 0.29) is 35.4 Å². The summed E-state index contributed by atoms with van der Waals surface area (Å²) in [4.78, 5) is 39.5. The van der Waals surface area contributed by atoms with E-state index in [9.17, 15) is 19.1 Å². The highest BCUT2D eigenvalue weighted by Crippen LogP contribution is 2.39. The molecule has 1 aliphatic carbocycles. The van der Waals surface area contributed by atoms with Crippen LogP contribution in [-0.4, -0.2) is 58.5 Å². The van der Waals surface area contributed by atoms with Gasteiger partial charge in [-0.25, -0.2) is 9.37 Å². The van der Waals surface area contributed by atoms with Crippen LogP contribution in [0.4, 0.5) is 15.9 Å². The van der Waals surface area contributed by atoms with E-state index in [1.807, 2.05) is 33.9 Å². The van der Waals surface area contributed by atoms with E-state index in [2.05, 4.69) is 26.2 Å². The lowest BCUT2D eigenvalue weighted by Gasteiger charge is -2.39. The summed E-state index contributed by atoms with van der Waals surface area (Å²) in [5.74, 6) is 0.925. The van der Waals surface area contributed by atoms with Gasteiger partial charge < -0.3 is 20.2 Å². The van der Waals surface area contributed by atoms with E-state index in [4.69, 9.17) is 4.98 Å². The molecule has 2 fully saturated rings. The number of nitrogens with one attached hydrogen (secondary N) is 1. The molecule has 3 aliphatic rings. The Morgan fingerprint density at radius 3 is 2.44 bits per heavy atom. The Labute approximate surface area is 242 Å². The number of amidine groups is 1. The summed E-state index contributed by atoms with van der Waals surface area (Å²) in [5.41, 5.74) is 1.53. The predicted molar refractivity (Wildman–Crippen MR) is 159 cm³/mol. The number of rotatable bonds is 6. The Morgan fingerprint density at radius 2 is 1.80 bits per heavy atom. The first kappa shape index (κ1) is 29.2. The van der Waals surface area contributed by atoms with Crippen LogP contribution >= 0.6 is 0 Å². The zero-order valence-corrected chi connectivity index (χ0v) is 24.6. The van der Waals surface area contributed by atoms with Gasteiger partial charge in [0.2, 0.25) is 5.91 Å². The number of nitrogens with zero attached hydrogens (tertiary/aromatic N) is 4. The summed E-state index contributed by atoms with van der Waals surface area (Å²) in [7, 11) is 0. The molecule has 8 nitrogen and oxygen atoms in total. The summed E-state index contributed by atoms with van der Waals surface area (Å²) >= 11 is 0. The van der Waals surface area contributed by atoms with E-state index in [0.717, 1.165) is 68.7 Å². The highest BCUT2D eigenvalue weighted by atomic mass is 19.1. The molecule has 2 amide bonds. The summed E-state index contributed by atoms with van der Waals surface area (Å²) in [6.45, 7) is 9.34. The van der Waals surface area contributed by atoms with Gasteiger partial charge in [-0.05, 0) is 90.3 Å². The lowest BCUT2D eigenvalue weighted by Crippen LogP contribution is -2.44. The van der Waals surface area contributed by atoms with Crippen molar-refractivity contribution in [2.45, 2.75) is 90.3 Å². The molecule has 1 aromatic heterocycles. The van der Waals surface area contributed by atoms with Crippen LogP contribution < -0.4 is 15.1 Å². The molecule has 5 rings (SSSR count). The average Bonchev–Trinajstić information content (AvgIpc) is 3.29. The topological polar surface area (TPSA) is 98.1 Å². The Bertz CT molecular complexity index is 1300. The molecule has 2 aliphatic heterocycles. The van der Waals surface area contributed by atoms with Crippen molar-refractivity contribution in [3.8, 4) is 0 Å². The lowest BCUT2D eigenvalue weighted by atomic mass is 9.83. The largest absolute Gasteiger partial charge is 0.390 e. The van der Waals surface area contributed by atoms with Crippen molar-refractivity contribution in [2.75, 3.05) is 22.9 Å². The quantitative estimate of drug-likeness (QED) is 0.519. The number of benzene rings is 1. The maximum absolute atomic E-state index is 13.8. The molecule has 41 heavy (non-hydrogen) atoms. The maximum Gasteiger partial charge on any atom is 0.278 e. The molecule has 3 heterocycles. The van der Waals surface area contributed by atoms with E-state index >= 15 is 0 Å². The van der Waals surface area contributed by atoms with Crippen molar-refractivity contribution in [3.05, 3.63) is 53.5 Å². The first-order valence-corrected chi connectivity index (χ1v) is 14.9. The van der Waals surface area contributed by atoms with Gasteiger partial charge in [-0.3, -0.25) is 9.59 Å². The fourth-order valence-electron chi connectivity index (χ4n) is 6.51. The number of piperidine rings is 1. The molecule has 2 N–H and O–H groups in total. The van der Waals surface area contributed by atoms with Gasteiger partial charge in [0, 0.05) is 60.9 Å². The number of aliphatic hydroxyl groups is 1. The van der Waals surface area contributed by atoms with Gasteiger partial charge in [0.05, 0.1) is 11.3 Å². The molecule has 1 aromatic carbocycles. The smallest absolute Gasteiger partial charge is 0.278 e. The van der Waals surface area contributed by atoms with Crippen LogP contribution in [0, 0.1) is 17.7 Å². The van der Waals surface area contributed by atoms with Gasteiger partial charge in [-0.1, -0.05) is 6.07 Å². The van der Waals surface area contributed by atoms with Crippen molar-refractivity contribution in [1.82, 2.24) is 10.3 Å². The van der Waals surface area contributed by atoms with Crippen molar-refractivity contribution < 1.29 is 19.1 Å². The number of amides is 2. The van der Waals surface area contributed by atoms with Crippen LogP contribution in [0.5, 0.6) is 0 Å². The number of pyridine rings is 1. The lowest BCUT2D eigenvalue weighted by molar-refractivity contribution is -0.126. The van der Waals surface area contributed by atoms with E-state index in [1.54, 1.807) is 6.07 Å². The second-order valence-electron chi connectivity index (χ2n) is 12.6.